The molecule has 3 aliphatic rings. The Morgan fingerprint density at radius 2 is 1.76 bits per heavy atom. The molecular weight excluding hydrogens is 508 g/mol. The Kier molecular flexibility index (Phi) is 6.26. The quantitative estimate of drug-likeness (QED) is 0.336. The fraction of sp³-hybridized carbons (Fsp3) is 0.423. The van der Waals surface area contributed by atoms with Crippen LogP contribution in [0.15, 0.2) is 24.3 Å². The fourth-order valence-electron chi connectivity index (χ4n) is 4.75. The van der Waals surface area contributed by atoms with Crippen LogP contribution in [0.1, 0.15) is 49.0 Å². The van der Waals surface area contributed by atoms with Crippen LogP contribution in [-0.4, -0.2) is 50.2 Å². The summed E-state index contributed by atoms with van der Waals surface area (Å²) in [5.41, 5.74) is 9.65. The number of rotatable bonds is 10. The maximum Gasteiger partial charge on any atom is 0.271 e. The topological polar surface area (TPSA) is 137 Å². The molecule has 3 saturated carbocycles. The highest BCUT2D eigenvalue weighted by molar-refractivity contribution is 7.67. The average Bonchev–Trinajstić information content (AvgIpc) is 3.73. The molecule has 198 valence electrons. The number of nitrogens with zero attached hydrogens (tertiary/aromatic N) is 4. The van der Waals surface area contributed by atoms with Gasteiger partial charge >= 0.3 is 0 Å². The van der Waals surface area contributed by atoms with Gasteiger partial charge < -0.3 is 21.1 Å². The molecule has 1 aromatic carbocycles. The summed E-state index contributed by atoms with van der Waals surface area (Å²) in [4.78, 5) is 24.3. The van der Waals surface area contributed by atoms with Crippen LogP contribution in [0, 0.1) is 11.7 Å². The molecule has 2 heterocycles. The molecule has 4 N–H and O–H groups in total. The number of hydrogen-bond acceptors (Lipinski definition) is 7. The highest BCUT2D eigenvalue weighted by atomic mass is 31.1. The second-order valence-corrected chi connectivity index (χ2v) is 12.9. The molecule has 10 nitrogen and oxygen atoms in total. The average molecular weight is 538 g/mol. The van der Waals surface area contributed by atoms with Crippen molar-refractivity contribution in [2.75, 3.05) is 17.7 Å². The molecule has 0 unspecified atom stereocenters. The molecule has 3 fully saturated rings. The summed E-state index contributed by atoms with van der Waals surface area (Å²) in [6.45, 7) is 0. The van der Waals surface area contributed by atoms with Gasteiger partial charge in [0.05, 0.1) is 29.6 Å². The zero-order chi connectivity index (χ0) is 26.6. The molecule has 38 heavy (non-hydrogen) atoms. The molecule has 0 saturated heterocycles. The lowest BCUT2D eigenvalue weighted by atomic mass is 10.1. The van der Waals surface area contributed by atoms with E-state index in [9.17, 15) is 14.0 Å². The van der Waals surface area contributed by atoms with E-state index in [0.717, 1.165) is 24.2 Å². The lowest BCUT2D eigenvalue weighted by Crippen LogP contribution is -2.19. The number of primary amides is 1. The molecule has 6 rings (SSSR count). The number of methoxy groups -OCH3 is 1. The molecule has 0 radical (unpaired) electrons. The largest absolute Gasteiger partial charge is 0.494 e. The first-order valence-corrected chi connectivity index (χ1v) is 14.3. The Hall–Kier alpha value is -3.59. The van der Waals surface area contributed by atoms with E-state index in [1.165, 1.54) is 56.4 Å². The van der Waals surface area contributed by atoms with E-state index >= 15 is 0 Å². The first kappa shape index (κ1) is 24.7. The normalized spacial score (nSPS) is 16.9. The Morgan fingerprint density at radius 3 is 2.37 bits per heavy atom. The minimum absolute atomic E-state index is 0.0426. The van der Waals surface area contributed by atoms with Gasteiger partial charge in [-0.25, -0.2) is 4.39 Å². The second-order valence-electron chi connectivity index (χ2n) is 10.2. The van der Waals surface area contributed by atoms with Crippen molar-refractivity contribution in [1.82, 2.24) is 20.0 Å². The van der Waals surface area contributed by atoms with Gasteiger partial charge in [0.25, 0.3) is 5.91 Å². The molecule has 0 bridgehead atoms. The van der Waals surface area contributed by atoms with Crippen LogP contribution in [0.5, 0.6) is 5.75 Å². The number of aryl methyl sites for hydroxylation is 1. The van der Waals surface area contributed by atoms with Gasteiger partial charge in [0.1, 0.15) is 5.82 Å². The summed E-state index contributed by atoms with van der Waals surface area (Å²) >= 11 is 0. The number of aromatic nitrogens is 4. The number of carbonyl (C=O) groups is 2. The highest BCUT2D eigenvalue weighted by Crippen LogP contribution is 2.63. The van der Waals surface area contributed by atoms with Crippen LogP contribution in [0.3, 0.4) is 0 Å². The van der Waals surface area contributed by atoms with E-state index in [4.69, 9.17) is 15.6 Å². The number of ether oxygens (including phenoxy) is 1. The van der Waals surface area contributed by atoms with Gasteiger partial charge in [0.15, 0.2) is 17.3 Å². The number of hydrogen-bond donors (Lipinski definition) is 3. The molecule has 12 heteroatoms. The number of benzene rings is 1. The summed E-state index contributed by atoms with van der Waals surface area (Å²) in [6, 6.07) is 6.18. The van der Waals surface area contributed by atoms with Gasteiger partial charge in [0.2, 0.25) is 5.91 Å². The lowest BCUT2D eigenvalue weighted by Gasteiger charge is -2.16. The van der Waals surface area contributed by atoms with Gasteiger partial charge in [-0.15, -0.1) is 10.2 Å². The van der Waals surface area contributed by atoms with Crippen molar-refractivity contribution in [2.24, 2.45) is 18.7 Å². The molecular formula is C26H29FN7O3P. The van der Waals surface area contributed by atoms with Gasteiger partial charge in [0, 0.05) is 30.7 Å². The zero-order valence-corrected chi connectivity index (χ0v) is 22.1. The Bertz CT molecular complexity index is 1420. The first-order chi connectivity index (χ1) is 18.3. The van der Waals surface area contributed by atoms with Crippen LogP contribution >= 0.6 is 7.92 Å². The number of carbonyl (C=O) groups excluding carboxylic acids is 2. The standard InChI is InChI=1S/C26H29FN7O3P/c1-34-22(38(15-5-6-15)16-7-8-16)12-18(33-34)17-9-14(27)10-20(24(17)37-2)29-19-11-21(30-26(36)13-3-4-13)31-32-23(19)25(28)35/h9-13,15-16H,3-8H2,1-2H3,(H2,28,35)(H2,29,30,31,36). The second kappa shape index (κ2) is 9.62. The smallest absolute Gasteiger partial charge is 0.271 e. The van der Waals surface area contributed by atoms with E-state index in [0.29, 0.717) is 17.0 Å². The van der Waals surface area contributed by atoms with Crippen molar-refractivity contribution in [3.05, 3.63) is 35.8 Å². The van der Waals surface area contributed by atoms with Crippen molar-refractivity contribution in [2.45, 2.75) is 49.8 Å². The maximum atomic E-state index is 15.0. The highest BCUT2D eigenvalue weighted by Gasteiger charge is 2.43. The van der Waals surface area contributed by atoms with Gasteiger partial charge in [-0.2, -0.15) is 5.10 Å². The fourth-order valence-corrected chi connectivity index (χ4v) is 8.16. The third-order valence-corrected chi connectivity index (χ3v) is 10.6. The predicted molar refractivity (Wildman–Crippen MR) is 143 cm³/mol. The van der Waals surface area contributed by atoms with Crippen molar-refractivity contribution >= 4 is 42.4 Å². The van der Waals surface area contributed by atoms with Crippen molar-refractivity contribution in [3.8, 4) is 17.0 Å². The molecule has 2 amide bonds. The molecule has 0 aliphatic heterocycles. The molecule has 2 aromatic heterocycles. The lowest BCUT2D eigenvalue weighted by molar-refractivity contribution is -0.117. The van der Waals surface area contributed by atoms with E-state index in [2.05, 4.69) is 26.9 Å². The maximum absolute atomic E-state index is 15.0. The van der Waals surface area contributed by atoms with Crippen molar-refractivity contribution in [1.29, 1.82) is 0 Å². The van der Waals surface area contributed by atoms with Crippen LogP contribution in [0.25, 0.3) is 11.3 Å². The van der Waals surface area contributed by atoms with Crippen molar-refractivity contribution in [3.63, 3.8) is 0 Å². The molecule has 0 atom stereocenters. The van der Waals surface area contributed by atoms with Crippen LogP contribution in [0.4, 0.5) is 21.6 Å². The van der Waals surface area contributed by atoms with Gasteiger partial charge in [-0.1, -0.05) is 0 Å². The third-order valence-electron chi connectivity index (χ3n) is 7.03. The predicted octanol–water partition coefficient (Wildman–Crippen LogP) is 3.65. The monoisotopic (exact) mass is 537 g/mol. The zero-order valence-electron chi connectivity index (χ0n) is 21.2. The third kappa shape index (κ3) is 4.95. The van der Waals surface area contributed by atoms with Crippen LogP contribution in [0.2, 0.25) is 0 Å². The summed E-state index contributed by atoms with van der Waals surface area (Å²) in [5.74, 6) is -1.02. The van der Waals surface area contributed by atoms with E-state index in [1.807, 2.05) is 11.7 Å². The minimum Gasteiger partial charge on any atom is -0.494 e. The SMILES string of the molecule is COc1c(Nc2cc(NC(=O)C3CC3)nnc2C(N)=O)cc(F)cc1-c1cc(P(C2CC2)C2CC2)n(C)n1. The van der Waals surface area contributed by atoms with E-state index in [1.54, 1.807) is 0 Å². The van der Waals surface area contributed by atoms with Crippen LogP contribution < -0.4 is 26.5 Å². The number of halogens is 1. The molecule has 3 aromatic rings. The first-order valence-electron chi connectivity index (χ1n) is 12.8. The van der Waals surface area contributed by atoms with Gasteiger partial charge in [-0.05, 0) is 69.9 Å². The van der Waals surface area contributed by atoms with E-state index in [-0.39, 0.29) is 42.6 Å². The Labute approximate surface area is 220 Å². The summed E-state index contributed by atoms with van der Waals surface area (Å²) < 4.78 is 22.6. The number of nitrogens with two attached hydrogens (primary N) is 1. The minimum atomic E-state index is -0.821. The summed E-state index contributed by atoms with van der Waals surface area (Å²) in [5, 5.41) is 18.3. The number of nitrogens with one attached hydrogen (secondary N) is 2. The van der Waals surface area contributed by atoms with E-state index < -0.39 is 11.7 Å². The summed E-state index contributed by atoms with van der Waals surface area (Å²) in [7, 11) is 3.16. The Balaban J connectivity index is 1.36. The molecule has 0 spiro atoms. The number of amides is 2. The number of anilines is 3. The Morgan fingerprint density at radius 1 is 1.05 bits per heavy atom. The van der Waals surface area contributed by atoms with Crippen LogP contribution in [-0.2, 0) is 11.8 Å². The molecule has 3 aliphatic carbocycles. The van der Waals surface area contributed by atoms with Gasteiger partial charge in [-0.3, -0.25) is 14.3 Å². The summed E-state index contributed by atoms with van der Waals surface area (Å²) in [6.07, 6.45) is 6.73. The van der Waals surface area contributed by atoms with Crippen molar-refractivity contribution < 1.29 is 18.7 Å².